The second kappa shape index (κ2) is 7.07. The summed E-state index contributed by atoms with van der Waals surface area (Å²) < 4.78 is 1.59. The fourth-order valence-corrected chi connectivity index (χ4v) is 3.80. The van der Waals surface area contributed by atoms with E-state index in [4.69, 9.17) is 0 Å². The van der Waals surface area contributed by atoms with Gasteiger partial charge in [0.2, 0.25) is 0 Å². The molecule has 1 fully saturated rings. The minimum absolute atomic E-state index is 0.0179. The summed E-state index contributed by atoms with van der Waals surface area (Å²) in [6.45, 7) is 7.45. The van der Waals surface area contributed by atoms with Gasteiger partial charge in [0.15, 0.2) is 5.65 Å². The van der Waals surface area contributed by atoms with Gasteiger partial charge in [0.05, 0.1) is 0 Å². The van der Waals surface area contributed by atoms with Crippen LogP contribution in [0.3, 0.4) is 0 Å². The molecule has 0 aliphatic carbocycles. The Hall–Kier alpha value is -3.22. The zero-order chi connectivity index (χ0) is 19.8. The number of aromatic nitrogens is 3. The molecule has 7 heteroatoms. The van der Waals surface area contributed by atoms with Crippen molar-refractivity contribution in [2.45, 2.75) is 26.8 Å². The molecule has 4 rings (SSSR count). The molecule has 0 bridgehead atoms. The van der Waals surface area contributed by atoms with Crippen LogP contribution in [0.15, 0.2) is 42.7 Å². The Morgan fingerprint density at radius 2 is 1.79 bits per heavy atom. The van der Waals surface area contributed by atoms with Crippen LogP contribution in [0.5, 0.6) is 0 Å². The summed E-state index contributed by atoms with van der Waals surface area (Å²) in [4.78, 5) is 33.6. The van der Waals surface area contributed by atoms with Crippen LogP contribution in [-0.4, -0.2) is 61.9 Å². The van der Waals surface area contributed by atoms with Crippen molar-refractivity contribution in [3.63, 3.8) is 0 Å². The lowest BCUT2D eigenvalue weighted by Gasteiger charge is -2.39. The molecule has 1 aromatic carbocycles. The van der Waals surface area contributed by atoms with Gasteiger partial charge in [0.25, 0.3) is 11.8 Å². The van der Waals surface area contributed by atoms with E-state index in [1.54, 1.807) is 33.9 Å². The van der Waals surface area contributed by atoms with Gasteiger partial charge in [-0.05, 0) is 45.0 Å². The first kappa shape index (κ1) is 18.2. The Bertz CT molecular complexity index is 1040. The van der Waals surface area contributed by atoms with E-state index in [1.165, 1.54) is 0 Å². The van der Waals surface area contributed by atoms with Gasteiger partial charge in [-0.1, -0.05) is 17.2 Å². The van der Waals surface area contributed by atoms with E-state index in [1.807, 2.05) is 37.8 Å². The SMILES string of the molecule is Cc1cc(C)cc(C(=O)N2CCN(C(=O)c3ccc4nccn4n3)C[C@@H]2C)c1. The molecular weight excluding hydrogens is 354 g/mol. The molecule has 2 amide bonds. The number of rotatable bonds is 2. The molecule has 3 aromatic rings. The molecule has 144 valence electrons. The van der Waals surface area contributed by atoms with Gasteiger partial charge in [-0.3, -0.25) is 9.59 Å². The fraction of sp³-hybridized carbons (Fsp3) is 0.333. The molecule has 1 saturated heterocycles. The molecule has 0 saturated carbocycles. The first-order valence-corrected chi connectivity index (χ1v) is 9.41. The highest BCUT2D eigenvalue weighted by Crippen LogP contribution is 2.18. The van der Waals surface area contributed by atoms with Gasteiger partial charge >= 0.3 is 0 Å². The standard InChI is InChI=1S/C21H23N5O2/c1-14-10-15(2)12-17(11-14)20(27)25-9-8-24(13-16(25)3)21(28)18-4-5-19-22-6-7-26(19)23-18/h4-7,10-12,16H,8-9,13H2,1-3H3/t16-/m0/s1. The quantitative estimate of drug-likeness (QED) is 0.687. The smallest absolute Gasteiger partial charge is 0.274 e. The zero-order valence-corrected chi connectivity index (χ0v) is 16.3. The maximum Gasteiger partial charge on any atom is 0.274 e. The van der Waals surface area contributed by atoms with Gasteiger partial charge < -0.3 is 9.80 Å². The summed E-state index contributed by atoms with van der Waals surface area (Å²) in [5.74, 6) is -0.106. The van der Waals surface area contributed by atoms with Gasteiger partial charge in [-0.15, -0.1) is 0 Å². The lowest BCUT2D eigenvalue weighted by Crippen LogP contribution is -2.55. The number of imidazole rings is 1. The summed E-state index contributed by atoms with van der Waals surface area (Å²) in [6.07, 6.45) is 3.37. The first-order chi connectivity index (χ1) is 13.4. The Kier molecular flexibility index (Phi) is 4.58. The summed E-state index contributed by atoms with van der Waals surface area (Å²) in [7, 11) is 0. The van der Waals surface area contributed by atoms with Crippen molar-refractivity contribution in [1.82, 2.24) is 24.4 Å². The van der Waals surface area contributed by atoms with Crippen molar-refractivity contribution in [2.24, 2.45) is 0 Å². The molecule has 1 aliphatic rings. The number of fused-ring (bicyclic) bond motifs is 1. The zero-order valence-electron chi connectivity index (χ0n) is 16.3. The summed E-state index contributed by atoms with van der Waals surface area (Å²) in [5, 5.41) is 4.34. The van der Waals surface area contributed by atoms with Gasteiger partial charge in [0, 0.05) is 43.6 Å². The molecule has 3 heterocycles. The predicted octanol–water partition coefficient (Wildman–Crippen LogP) is 2.33. The number of piperazine rings is 1. The van der Waals surface area contributed by atoms with Gasteiger partial charge in [-0.2, -0.15) is 5.10 Å². The molecule has 28 heavy (non-hydrogen) atoms. The monoisotopic (exact) mass is 377 g/mol. The molecule has 0 unspecified atom stereocenters. The Balaban J connectivity index is 1.48. The molecule has 0 N–H and O–H groups in total. The molecular formula is C21H23N5O2. The maximum atomic E-state index is 13.0. The van der Waals surface area contributed by atoms with Crippen LogP contribution >= 0.6 is 0 Å². The Labute approximate surface area is 163 Å². The van der Waals surface area contributed by atoms with Crippen LogP contribution in [0.2, 0.25) is 0 Å². The molecule has 0 radical (unpaired) electrons. The van der Waals surface area contributed by atoms with Gasteiger partial charge in [-0.25, -0.2) is 9.50 Å². The van der Waals surface area contributed by atoms with E-state index >= 15 is 0 Å². The lowest BCUT2D eigenvalue weighted by atomic mass is 10.0. The van der Waals surface area contributed by atoms with Crippen molar-refractivity contribution >= 4 is 17.5 Å². The number of amides is 2. The van der Waals surface area contributed by atoms with Crippen LogP contribution < -0.4 is 0 Å². The minimum atomic E-state index is -0.124. The average molecular weight is 377 g/mol. The van der Waals surface area contributed by atoms with E-state index in [2.05, 4.69) is 16.1 Å². The molecule has 7 nitrogen and oxygen atoms in total. The van der Waals surface area contributed by atoms with Crippen LogP contribution in [-0.2, 0) is 0 Å². The normalized spacial score (nSPS) is 17.2. The number of aryl methyl sites for hydroxylation is 2. The van der Waals surface area contributed by atoms with E-state index < -0.39 is 0 Å². The highest BCUT2D eigenvalue weighted by atomic mass is 16.2. The average Bonchev–Trinajstić information content (AvgIpc) is 3.13. The third kappa shape index (κ3) is 3.35. The van der Waals surface area contributed by atoms with E-state index in [0.29, 0.717) is 36.5 Å². The van der Waals surface area contributed by atoms with Crippen LogP contribution in [0, 0.1) is 13.8 Å². The third-order valence-corrected chi connectivity index (χ3v) is 5.12. The summed E-state index contributed by atoms with van der Waals surface area (Å²) in [6, 6.07) is 9.31. The summed E-state index contributed by atoms with van der Waals surface area (Å²) in [5.41, 5.74) is 3.94. The van der Waals surface area contributed by atoms with Crippen molar-refractivity contribution in [3.8, 4) is 0 Å². The summed E-state index contributed by atoms with van der Waals surface area (Å²) >= 11 is 0. The maximum absolute atomic E-state index is 13.0. The van der Waals surface area contributed by atoms with Crippen LogP contribution in [0.25, 0.3) is 5.65 Å². The number of carbonyl (C=O) groups excluding carboxylic acids is 2. The van der Waals surface area contributed by atoms with E-state index in [0.717, 1.165) is 11.1 Å². The highest BCUT2D eigenvalue weighted by molar-refractivity contribution is 5.95. The predicted molar refractivity (Wildman–Crippen MR) is 105 cm³/mol. The highest BCUT2D eigenvalue weighted by Gasteiger charge is 2.31. The number of hydrogen-bond acceptors (Lipinski definition) is 4. The number of benzene rings is 1. The van der Waals surface area contributed by atoms with Gasteiger partial charge in [0.1, 0.15) is 5.69 Å². The number of hydrogen-bond donors (Lipinski definition) is 0. The molecule has 1 atom stereocenters. The molecule has 0 spiro atoms. The van der Waals surface area contributed by atoms with Crippen molar-refractivity contribution < 1.29 is 9.59 Å². The minimum Gasteiger partial charge on any atom is -0.333 e. The lowest BCUT2D eigenvalue weighted by molar-refractivity contribution is 0.0411. The topological polar surface area (TPSA) is 70.8 Å². The Morgan fingerprint density at radius 3 is 2.50 bits per heavy atom. The largest absolute Gasteiger partial charge is 0.333 e. The van der Waals surface area contributed by atoms with Crippen LogP contribution in [0.1, 0.15) is 38.9 Å². The number of carbonyl (C=O) groups is 2. The van der Waals surface area contributed by atoms with Crippen LogP contribution in [0.4, 0.5) is 0 Å². The fourth-order valence-electron chi connectivity index (χ4n) is 3.80. The van der Waals surface area contributed by atoms with Crippen molar-refractivity contribution in [1.29, 1.82) is 0 Å². The van der Waals surface area contributed by atoms with Crippen molar-refractivity contribution in [2.75, 3.05) is 19.6 Å². The number of nitrogens with zero attached hydrogens (tertiary/aromatic N) is 5. The van der Waals surface area contributed by atoms with E-state index in [-0.39, 0.29) is 17.9 Å². The van der Waals surface area contributed by atoms with E-state index in [9.17, 15) is 9.59 Å². The molecule has 2 aromatic heterocycles. The Morgan fingerprint density at radius 1 is 1.04 bits per heavy atom. The first-order valence-electron chi connectivity index (χ1n) is 9.41. The second-order valence-corrected chi connectivity index (χ2v) is 7.42. The van der Waals surface area contributed by atoms with Crippen molar-refractivity contribution in [3.05, 3.63) is 65.1 Å². The molecule has 1 aliphatic heterocycles. The second-order valence-electron chi connectivity index (χ2n) is 7.42. The third-order valence-electron chi connectivity index (χ3n) is 5.12.